The summed E-state index contributed by atoms with van der Waals surface area (Å²) in [7, 11) is 0. The molecule has 1 aliphatic heterocycles. The Labute approximate surface area is 116 Å². The van der Waals surface area contributed by atoms with Gasteiger partial charge < -0.3 is 10.6 Å². The summed E-state index contributed by atoms with van der Waals surface area (Å²) in [6, 6.07) is 6.38. The summed E-state index contributed by atoms with van der Waals surface area (Å²) in [5, 5.41) is 0. The number of nitrogen functional groups attached to an aromatic ring is 1. The second kappa shape index (κ2) is 7.67. The molecule has 1 aromatic rings. The van der Waals surface area contributed by atoms with E-state index in [1.807, 2.05) is 0 Å². The maximum Gasteiger partial charge on any atom is 0.0600 e. The van der Waals surface area contributed by atoms with Gasteiger partial charge in [-0.25, -0.2) is 0 Å². The van der Waals surface area contributed by atoms with Crippen molar-refractivity contribution >= 4 is 36.2 Å². The molecular weight excluding hydrogens is 255 g/mol. The van der Waals surface area contributed by atoms with Gasteiger partial charge in [0.1, 0.15) is 0 Å². The van der Waals surface area contributed by atoms with Gasteiger partial charge in [-0.2, -0.15) is 0 Å². The van der Waals surface area contributed by atoms with Gasteiger partial charge in [-0.1, -0.05) is 18.9 Å². The Morgan fingerprint density at radius 2 is 1.59 bits per heavy atom. The molecule has 0 saturated carbocycles. The van der Waals surface area contributed by atoms with Crippen molar-refractivity contribution in [2.75, 3.05) is 23.7 Å². The molecule has 0 bridgehead atoms. The van der Waals surface area contributed by atoms with Crippen LogP contribution in [0.15, 0.2) is 18.2 Å². The second-order valence-electron chi connectivity index (χ2n) is 4.46. The van der Waals surface area contributed by atoms with Gasteiger partial charge in [-0.05, 0) is 37.5 Å². The molecule has 98 valence electrons. The van der Waals surface area contributed by atoms with Crippen molar-refractivity contribution in [3.63, 3.8) is 0 Å². The van der Waals surface area contributed by atoms with Crippen LogP contribution in [0, 0.1) is 6.92 Å². The molecule has 1 fully saturated rings. The normalized spacial score (nSPS) is 15.5. The number of anilines is 2. The van der Waals surface area contributed by atoms with Crippen LogP contribution in [0.1, 0.15) is 31.2 Å². The third-order valence-corrected chi connectivity index (χ3v) is 3.13. The molecular formula is C13H22Cl2N2. The Kier molecular flexibility index (Phi) is 7.40. The zero-order valence-corrected chi connectivity index (χ0v) is 11.9. The van der Waals surface area contributed by atoms with Gasteiger partial charge in [-0.15, -0.1) is 24.8 Å². The van der Waals surface area contributed by atoms with Crippen molar-refractivity contribution in [1.82, 2.24) is 0 Å². The summed E-state index contributed by atoms with van der Waals surface area (Å²) >= 11 is 0. The van der Waals surface area contributed by atoms with Crippen molar-refractivity contribution < 1.29 is 0 Å². The summed E-state index contributed by atoms with van der Waals surface area (Å²) in [5.41, 5.74) is 9.46. The first-order valence-electron chi connectivity index (χ1n) is 5.88. The molecule has 1 aromatic carbocycles. The fraction of sp³-hybridized carbons (Fsp3) is 0.538. The highest BCUT2D eigenvalue weighted by Crippen LogP contribution is 2.26. The number of aryl methyl sites for hydroxylation is 1. The fourth-order valence-corrected chi connectivity index (χ4v) is 2.27. The van der Waals surface area contributed by atoms with E-state index in [1.165, 1.54) is 36.9 Å². The van der Waals surface area contributed by atoms with Gasteiger partial charge in [0.15, 0.2) is 0 Å². The number of hydrogen-bond acceptors (Lipinski definition) is 2. The van der Waals surface area contributed by atoms with E-state index in [9.17, 15) is 0 Å². The number of nitrogens with two attached hydrogens (primary N) is 1. The average molecular weight is 277 g/mol. The SMILES string of the molecule is Cc1ccc(N2CCCCCC2)c(N)c1.Cl.Cl. The molecule has 2 rings (SSSR count). The summed E-state index contributed by atoms with van der Waals surface area (Å²) in [6.45, 7) is 4.41. The number of rotatable bonds is 1. The maximum absolute atomic E-state index is 6.06. The molecule has 0 unspecified atom stereocenters. The van der Waals surface area contributed by atoms with Crippen molar-refractivity contribution in [1.29, 1.82) is 0 Å². The van der Waals surface area contributed by atoms with Gasteiger partial charge in [0.05, 0.1) is 11.4 Å². The third-order valence-electron chi connectivity index (χ3n) is 3.13. The zero-order chi connectivity index (χ0) is 10.7. The van der Waals surface area contributed by atoms with Crippen LogP contribution < -0.4 is 10.6 Å². The standard InChI is InChI=1S/C13H20N2.2ClH/c1-11-6-7-13(12(14)10-11)15-8-4-2-3-5-9-15;;/h6-7,10H,2-5,8-9,14H2,1H3;2*1H. The molecule has 1 aliphatic rings. The molecule has 0 aromatic heterocycles. The quantitative estimate of drug-likeness (QED) is 0.791. The molecule has 2 N–H and O–H groups in total. The van der Waals surface area contributed by atoms with E-state index in [0.29, 0.717) is 0 Å². The highest BCUT2D eigenvalue weighted by Gasteiger charge is 2.11. The van der Waals surface area contributed by atoms with Crippen LogP contribution in [0.2, 0.25) is 0 Å². The minimum Gasteiger partial charge on any atom is -0.397 e. The predicted octanol–water partition coefficient (Wildman–Crippen LogP) is 3.80. The Hall–Kier alpha value is -0.600. The summed E-state index contributed by atoms with van der Waals surface area (Å²) in [6.07, 6.45) is 5.32. The number of nitrogens with zero attached hydrogens (tertiary/aromatic N) is 1. The van der Waals surface area contributed by atoms with E-state index in [-0.39, 0.29) is 24.8 Å². The second-order valence-corrected chi connectivity index (χ2v) is 4.46. The maximum atomic E-state index is 6.06. The first-order valence-corrected chi connectivity index (χ1v) is 5.88. The predicted molar refractivity (Wildman–Crippen MR) is 80.8 cm³/mol. The number of hydrogen-bond donors (Lipinski definition) is 1. The van der Waals surface area contributed by atoms with E-state index < -0.39 is 0 Å². The van der Waals surface area contributed by atoms with Crippen LogP contribution in [0.5, 0.6) is 0 Å². The highest BCUT2D eigenvalue weighted by molar-refractivity contribution is 5.85. The molecule has 0 spiro atoms. The van der Waals surface area contributed by atoms with Crippen LogP contribution in [-0.2, 0) is 0 Å². The molecule has 1 heterocycles. The van der Waals surface area contributed by atoms with Crippen molar-refractivity contribution in [3.05, 3.63) is 23.8 Å². The molecule has 1 saturated heterocycles. The molecule has 0 radical (unpaired) electrons. The summed E-state index contributed by atoms with van der Waals surface area (Å²) < 4.78 is 0. The molecule has 4 heteroatoms. The molecule has 0 aliphatic carbocycles. The van der Waals surface area contributed by atoms with Gasteiger partial charge in [0.2, 0.25) is 0 Å². The van der Waals surface area contributed by atoms with E-state index >= 15 is 0 Å². The lowest BCUT2D eigenvalue weighted by Gasteiger charge is -2.24. The lowest BCUT2D eigenvalue weighted by Crippen LogP contribution is -2.24. The topological polar surface area (TPSA) is 29.3 Å². The molecule has 2 nitrogen and oxygen atoms in total. The minimum absolute atomic E-state index is 0. The first-order chi connectivity index (χ1) is 7.27. The Morgan fingerprint density at radius 3 is 2.12 bits per heavy atom. The lowest BCUT2D eigenvalue weighted by atomic mass is 10.1. The van der Waals surface area contributed by atoms with Crippen molar-refractivity contribution in [3.8, 4) is 0 Å². The highest BCUT2D eigenvalue weighted by atomic mass is 35.5. The van der Waals surface area contributed by atoms with Crippen LogP contribution in [0.4, 0.5) is 11.4 Å². The van der Waals surface area contributed by atoms with Gasteiger partial charge in [0, 0.05) is 13.1 Å². The monoisotopic (exact) mass is 276 g/mol. The minimum atomic E-state index is 0. The summed E-state index contributed by atoms with van der Waals surface area (Å²) in [5.74, 6) is 0. The van der Waals surface area contributed by atoms with Crippen LogP contribution in [-0.4, -0.2) is 13.1 Å². The smallest absolute Gasteiger partial charge is 0.0600 e. The van der Waals surface area contributed by atoms with Gasteiger partial charge >= 0.3 is 0 Å². The van der Waals surface area contributed by atoms with Crippen LogP contribution >= 0.6 is 24.8 Å². The van der Waals surface area contributed by atoms with Crippen LogP contribution in [0.25, 0.3) is 0 Å². The number of halogens is 2. The van der Waals surface area contributed by atoms with E-state index in [2.05, 4.69) is 30.0 Å². The van der Waals surface area contributed by atoms with Gasteiger partial charge in [0.25, 0.3) is 0 Å². The van der Waals surface area contributed by atoms with Gasteiger partial charge in [-0.3, -0.25) is 0 Å². The van der Waals surface area contributed by atoms with Crippen molar-refractivity contribution in [2.45, 2.75) is 32.6 Å². The average Bonchev–Trinajstić information content (AvgIpc) is 2.46. The molecule has 17 heavy (non-hydrogen) atoms. The fourth-order valence-electron chi connectivity index (χ4n) is 2.27. The number of benzene rings is 1. The Bertz CT molecular complexity index is 334. The van der Waals surface area contributed by atoms with E-state index in [0.717, 1.165) is 18.8 Å². The molecule has 0 atom stereocenters. The van der Waals surface area contributed by atoms with E-state index in [4.69, 9.17) is 5.73 Å². The largest absolute Gasteiger partial charge is 0.397 e. The van der Waals surface area contributed by atoms with E-state index in [1.54, 1.807) is 0 Å². The zero-order valence-electron chi connectivity index (χ0n) is 10.3. The first kappa shape index (κ1) is 16.4. The molecule has 0 amide bonds. The Morgan fingerprint density at radius 1 is 1.00 bits per heavy atom. The van der Waals surface area contributed by atoms with Crippen molar-refractivity contribution in [2.24, 2.45) is 0 Å². The van der Waals surface area contributed by atoms with Crippen LogP contribution in [0.3, 0.4) is 0 Å². The summed E-state index contributed by atoms with van der Waals surface area (Å²) in [4.78, 5) is 2.43. The lowest BCUT2D eigenvalue weighted by molar-refractivity contribution is 0.726. The Balaban J connectivity index is 0.00000128. The third kappa shape index (κ3) is 4.29.